The van der Waals surface area contributed by atoms with E-state index in [9.17, 15) is 14.7 Å². The van der Waals surface area contributed by atoms with Gasteiger partial charge in [0, 0.05) is 17.6 Å². The number of benzene rings is 2. The van der Waals surface area contributed by atoms with Crippen molar-refractivity contribution in [1.82, 2.24) is 19.7 Å². The van der Waals surface area contributed by atoms with Crippen LogP contribution < -0.4 is 11.3 Å². The molecule has 9 heteroatoms. The summed E-state index contributed by atoms with van der Waals surface area (Å²) >= 11 is 0. The summed E-state index contributed by atoms with van der Waals surface area (Å²) < 4.78 is 21.8. The van der Waals surface area contributed by atoms with Gasteiger partial charge in [-0.05, 0) is 81.0 Å². The highest BCUT2D eigenvalue weighted by atomic mass is 19.1. The predicted molar refractivity (Wildman–Crippen MR) is 157 cm³/mol. The molecule has 0 spiro atoms. The third-order valence-corrected chi connectivity index (χ3v) is 7.10. The highest BCUT2D eigenvalue weighted by Gasteiger charge is 2.20. The van der Waals surface area contributed by atoms with Crippen LogP contribution in [-0.4, -0.2) is 24.8 Å². The van der Waals surface area contributed by atoms with E-state index in [1.54, 1.807) is 63.2 Å². The lowest BCUT2D eigenvalue weighted by molar-refractivity contribution is 0.199. The summed E-state index contributed by atoms with van der Waals surface area (Å²) in [4.78, 5) is 32.8. The van der Waals surface area contributed by atoms with Gasteiger partial charge in [0.1, 0.15) is 11.6 Å². The highest BCUT2D eigenvalue weighted by molar-refractivity contribution is 6.03. The molecule has 0 aliphatic carbocycles. The van der Waals surface area contributed by atoms with Crippen LogP contribution in [0.3, 0.4) is 0 Å². The van der Waals surface area contributed by atoms with Gasteiger partial charge in [-0.1, -0.05) is 54.9 Å². The Labute approximate surface area is 237 Å². The summed E-state index contributed by atoms with van der Waals surface area (Å²) in [5.41, 5.74) is 4.36. The van der Waals surface area contributed by atoms with Crippen LogP contribution in [0.15, 0.2) is 68.7 Å². The number of unbranched alkanes of at least 4 members (excludes halogenated alkanes) is 1. The van der Waals surface area contributed by atoms with Crippen LogP contribution in [0.2, 0.25) is 0 Å². The van der Waals surface area contributed by atoms with Crippen molar-refractivity contribution in [3.05, 3.63) is 121 Å². The number of aliphatic hydroxyl groups excluding tert-OH is 1. The van der Waals surface area contributed by atoms with Crippen LogP contribution >= 0.6 is 0 Å². The molecule has 0 saturated carbocycles. The van der Waals surface area contributed by atoms with E-state index >= 15 is 4.39 Å². The third-order valence-electron chi connectivity index (χ3n) is 7.10. The Kier molecular flexibility index (Phi) is 9.29. The molecule has 0 bridgehead atoms. The number of nitrogens with one attached hydrogen (secondary N) is 1. The molecular weight excluding hydrogens is 523 g/mol. The molecule has 4 rings (SSSR count). The quantitative estimate of drug-likeness (QED) is 0.236. The Balaban J connectivity index is 1.77. The van der Waals surface area contributed by atoms with Gasteiger partial charge in [-0.15, -0.1) is 0 Å². The lowest BCUT2D eigenvalue weighted by atomic mass is 9.94. The maximum absolute atomic E-state index is 15.7. The average Bonchev–Trinajstić information content (AvgIpc) is 3.38. The van der Waals surface area contributed by atoms with Crippen molar-refractivity contribution in [2.75, 3.05) is 0 Å². The first-order valence-electron chi connectivity index (χ1n) is 13.8. The number of aromatic nitrogens is 4. The second-order valence-corrected chi connectivity index (χ2v) is 9.93. The van der Waals surface area contributed by atoms with E-state index in [2.05, 4.69) is 21.6 Å². The maximum Gasteiger partial charge on any atom is 0.439 e. The molecule has 0 fully saturated rings. The Morgan fingerprint density at radius 2 is 1.90 bits per heavy atom. The van der Waals surface area contributed by atoms with Crippen molar-refractivity contribution in [3.63, 3.8) is 0 Å². The molecule has 214 valence electrons. The largest absolute Gasteiger partial charge is 0.439 e. The zero-order valence-electron chi connectivity index (χ0n) is 24.0. The van der Waals surface area contributed by atoms with Crippen molar-refractivity contribution >= 4 is 11.1 Å². The summed E-state index contributed by atoms with van der Waals surface area (Å²) in [6, 6.07) is 12.0. The molecule has 2 N–H and O–H groups in total. The molecule has 2 aromatic heterocycles. The van der Waals surface area contributed by atoms with E-state index in [1.165, 1.54) is 10.6 Å². The fraction of sp³-hybridized carbons (Fsp3) is 0.312. The first kappa shape index (κ1) is 29.6. The Morgan fingerprint density at radius 1 is 1.15 bits per heavy atom. The zero-order valence-corrected chi connectivity index (χ0v) is 24.0. The van der Waals surface area contributed by atoms with Crippen LogP contribution in [0.5, 0.6) is 0 Å². The first-order valence-corrected chi connectivity index (χ1v) is 13.8. The third kappa shape index (κ3) is 6.36. The molecule has 0 aliphatic heterocycles. The van der Waals surface area contributed by atoms with Gasteiger partial charge in [-0.25, -0.2) is 14.2 Å². The van der Waals surface area contributed by atoms with Gasteiger partial charge < -0.3 is 5.11 Å². The molecule has 0 aliphatic rings. The van der Waals surface area contributed by atoms with Crippen molar-refractivity contribution in [3.8, 4) is 5.69 Å². The van der Waals surface area contributed by atoms with Crippen LogP contribution in [-0.2, 0) is 12.8 Å². The van der Waals surface area contributed by atoms with Crippen LogP contribution in [0, 0.1) is 12.7 Å². The van der Waals surface area contributed by atoms with Gasteiger partial charge in [0.2, 0.25) is 0 Å². The molecule has 1 atom stereocenters. The first-order chi connectivity index (χ1) is 19.7. The number of aromatic amines is 1. The van der Waals surface area contributed by atoms with Crippen LogP contribution in [0.4, 0.5) is 4.39 Å². The molecule has 41 heavy (non-hydrogen) atoms. The van der Waals surface area contributed by atoms with Crippen molar-refractivity contribution in [2.24, 2.45) is 0 Å². The van der Waals surface area contributed by atoms with Crippen LogP contribution in [0.1, 0.15) is 86.2 Å². The van der Waals surface area contributed by atoms with Crippen molar-refractivity contribution < 1.29 is 14.0 Å². The number of allylic oxidation sites excluding steroid dienone is 4. The fourth-order valence-electron chi connectivity index (χ4n) is 4.97. The lowest BCUT2D eigenvalue weighted by Crippen LogP contribution is -2.28. The smallest absolute Gasteiger partial charge is 0.389 e. The lowest BCUT2D eigenvalue weighted by Gasteiger charge is -2.17. The highest BCUT2D eigenvalue weighted by Crippen LogP contribution is 2.30. The van der Waals surface area contributed by atoms with E-state index < -0.39 is 17.7 Å². The van der Waals surface area contributed by atoms with Gasteiger partial charge in [0.05, 0.1) is 17.5 Å². The summed E-state index contributed by atoms with van der Waals surface area (Å²) in [5.74, 6) is -0.354. The van der Waals surface area contributed by atoms with E-state index in [4.69, 9.17) is 4.98 Å². The second-order valence-electron chi connectivity index (χ2n) is 9.93. The fourth-order valence-corrected chi connectivity index (χ4v) is 4.97. The number of H-pyrrole nitrogens is 1. The van der Waals surface area contributed by atoms with Gasteiger partial charge in [-0.3, -0.25) is 18.9 Å². The number of aliphatic hydroxyl groups is 1. The van der Waals surface area contributed by atoms with E-state index in [0.29, 0.717) is 57.0 Å². The summed E-state index contributed by atoms with van der Waals surface area (Å²) in [6.07, 6.45) is 5.35. The topological polar surface area (TPSA) is 114 Å². The number of nitrogens with zero attached hydrogens (tertiary/aromatic N) is 3. The number of aryl methyl sites for hydroxylation is 2. The minimum absolute atomic E-state index is 0.0750. The minimum atomic E-state index is -0.690. The predicted octanol–water partition coefficient (Wildman–Crippen LogP) is 5.85. The van der Waals surface area contributed by atoms with Gasteiger partial charge in [0.15, 0.2) is 5.82 Å². The molecule has 0 radical (unpaired) electrons. The Morgan fingerprint density at radius 3 is 2.51 bits per heavy atom. The molecule has 2 aromatic carbocycles. The molecule has 1 unspecified atom stereocenters. The van der Waals surface area contributed by atoms with Crippen molar-refractivity contribution in [2.45, 2.75) is 66.4 Å². The Hall–Kier alpha value is -4.37. The van der Waals surface area contributed by atoms with E-state index in [-0.39, 0.29) is 17.8 Å². The number of hydrogen-bond donors (Lipinski definition) is 2. The number of rotatable bonds is 10. The van der Waals surface area contributed by atoms with Gasteiger partial charge in [0.25, 0.3) is 5.56 Å². The molecule has 8 nitrogen and oxygen atoms in total. The number of halogens is 1. The molecule has 0 amide bonds. The van der Waals surface area contributed by atoms with Gasteiger partial charge in [-0.2, -0.15) is 0 Å². The molecular formula is C32H35FN4O4. The standard InChI is InChI=1S/C32H35FN4O4/c1-6-9-13-29-27(31(39)37(20(5)34-29)24-12-10-11-21(16-24)19(4)38)17-23-15-14-22(18-28(23)33)25(7-2)26(8-3)30-35-32(40)41-36-30/h7-8,10-12,14-16,18-19,38H,6,9,13,17H2,1-5H3,(H,35,36,40)/b25-7-,26-8+. The molecule has 2 heterocycles. The SMILES string of the molecule is C/C=C(\C(=C/C)c1noc(=O)[nH]1)c1ccc(Cc2c(CCCC)nc(C)n(-c3cccc(C(C)O)c3)c2=O)c(F)c1. The normalized spacial score (nSPS) is 13.0. The second kappa shape index (κ2) is 12.9. The Bertz CT molecular complexity index is 1730. The summed E-state index contributed by atoms with van der Waals surface area (Å²) in [7, 11) is 0. The minimum Gasteiger partial charge on any atom is -0.389 e. The monoisotopic (exact) mass is 558 g/mol. The summed E-state index contributed by atoms with van der Waals surface area (Å²) in [6.45, 7) is 9.13. The van der Waals surface area contributed by atoms with Gasteiger partial charge >= 0.3 is 5.76 Å². The molecule has 4 aromatic rings. The average molecular weight is 559 g/mol. The van der Waals surface area contributed by atoms with Crippen molar-refractivity contribution in [1.29, 1.82) is 0 Å². The summed E-state index contributed by atoms with van der Waals surface area (Å²) in [5, 5.41) is 13.8. The zero-order chi connectivity index (χ0) is 29.7. The number of hydrogen-bond acceptors (Lipinski definition) is 6. The maximum atomic E-state index is 15.7. The van der Waals surface area contributed by atoms with Crippen LogP contribution in [0.25, 0.3) is 16.8 Å². The molecule has 0 saturated heterocycles. The van der Waals surface area contributed by atoms with E-state index in [0.717, 1.165) is 12.8 Å². The van der Waals surface area contributed by atoms with E-state index in [1.807, 2.05) is 13.0 Å².